The van der Waals surface area contributed by atoms with Crippen molar-refractivity contribution in [3.8, 4) is 22.8 Å². The number of nitrogens with two attached hydrogens (primary N) is 1. The summed E-state index contributed by atoms with van der Waals surface area (Å²) in [5.74, 6) is -0.749. The van der Waals surface area contributed by atoms with Gasteiger partial charge in [-0.1, -0.05) is 11.6 Å². The summed E-state index contributed by atoms with van der Waals surface area (Å²) in [7, 11) is 1.41. The summed E-state index contributed by atoms with van der Waals surface area (Å²) in [4.78, 5) is 17.6. The van der Waals surface area contributed by atoms with Crippen molar-refractivity contribution in [2.75, 3.05) is 20.3 Å². The summed E-state index contributed by atoms with van der Waals surface area (Å²) in [5, 5.41) is 12.1. The van der Waals surface area contributed by atoms with Crippen LogP contribution in [0.25, 0.3) is 11.3 Å². The zero-order chi connectivity index (χ0) is 31.0. The van der Waals surface area contributed by atoms with Gasteiger partial charge in [0.15, 0.2) is 11.5 Å². The molecule has 2 saturated carbocycles. The molecule has 3 aromatic rings. The SMILES string of the molecule is COc1cc(C(=O)NCC(CCO)(c2cc(C3(N)CCC3)cc(-c3ccc(F)c(Cl)c3)n2)C(F)(F)F)ccc1OC1CC1. The number of ether oxygens (including phenoxy) is 2. The number of methoxy groups -OCH3 is 1. The van der Waals surface area contributed by atoms with E-state index in [0.29, 0.717) is 29.7 Å². The number of aromatic nitrogens is 1. The first-order chi connectivity index (χ1) is 20.4. The molecular weight excluding hydrogens is 590 g/mol. The zero-order valence-electron chi connectivity index (χ0n) is 23.4. The number of aliphatic hydroxyl groups excluding tert-OH is 1. The van der Waals surface area contributed by atoms with Crippen molar-refractivity contribution < 1.29 is 36.9 Å². The van der Waals surface area contributed by atoms with Gasteiger partial charge in [-0.15, -0.1) is 0 Å². The van der Waals surface area contributed by atoms with Crippen LogP contribution in [-0.2, 0) is 11.0 Å². The molecule has 0 saturated heterocycles. The van der Waals surface area contributed by atoms with Crippen molar-refractivity contribution in [3.63, 3.8) is 0 Å². The van der Waals surface area contributed by atoms with Gasteiger partial charge < -0.3 is 25.6 Å². The molecule has 7 nitrogen and oxygen atoms in total. The monoisotopic (exact) mass is 621 g/mol. The van der Waals surface area contributed by atoms with E-state index in [4.69, 9.17) is 26.8 Å². The molecule has 1 unspecified atom stereocenters. The highest BCUT2D eigenvalue weighted by Crippen LogP contribution is 2.46. The van der Waals surface area contributed by atoms with Gasteiger partial charge in [-0.2, -0.15) is 13.2 Å². The number of carbonyl (C=O) groups is 1. The summed E-state index contributed by atoms with van der Waals surface area (Å²) in [6.45, 7) is -1.76. The number of benzene rings is 2. The van der Waals surface area contributed by atoms with Crippen LogP contribution in [0.1, 0.15) is 60.1 Å². The Kier molecular flexibility index (Phi) is 8.61. The van der Waals surface area contributed by atoms with Crippen molar-refractivity contribution >= 4 is 17.5 Å². The number of nitrogens with one attached hydrogen (secondary N) is 1. The van der Waals surface area contributed by atoms with Crippen molar-refractivity contribution in [3.05, 3.63) is 76.2 Å². The third-order valence-corrected chi connectivity index (χ3v) is 8.52. The van der Waals surface area contributed by atoms with Gasteiger partial charge in [0.1, 0.15) is 11.2 Å². The number of aliphatic hydroxyl groups is 1. The molecule has 0 aliphatic heterocycles. The lowest BCUT2D eigenvalue weighted by Crippen LogP contribution is -2.52. The van der Waals surface area contributed by atoms with E-state index in [1.807, 2.05) is 0 Å². The Morgan fingerprint density at radius 3 is 2.47 bits per heavy atom. The Hall–Kier alpha value is -3.41. The standard InChI is InChI=1S/C31H32ClF4N3O4/c1-42-26-14-19(4-8-25(26)43-21-5-6-21)28(41)38-17-29(11-12-40,31(34,35)36)27-16-20(30(37)9-2-10-30)15-24(39-27)18-3-7-23(33)22(32)13-18/h3-4,7-8,13-16,21,40H,2,5-6,9-12,17,37H2,1H3,(H,38,41). The molecule has 1 atom stereocenters. The lowest BCUT2D eigenvalue weighted by molar-refractivity contribution is -0.194. The van der Waals surface area contributed by atoms with Gasteiger partial charge in [0.05, 0.1) is 29.6 Å². The van der Waals surface area contributed by atoms with Gasteiger partial charge >= 0.3 is 6.18 Å². The first-order valence-corrected chi connectivity index (χ1v) is 14.3. The maximum absolute atomic E-state index is 15.1. The van der Waals surface area contributed by atoms with Gasteiger partial charge in [-0.05, 0) is 92.6 Å². The minimum absolute atomic E-state index is 0.0683. The normalized spacial score (nSPS) is 17.5. The second-order valence-electron chi connectivity index (χ2n) is 11.2. The van der Waals surface area contributed by atoms with E-state index in [-0.39, 0.29) is 28.1 Å². The van der Waals surface area contributed by atoms with Crippen molar-refractivity contribution in [2.24, 2.45) is 5.73 Å². The van der Waals surface area contributed by atoms with Crippen LogP contribution in [0, 0.1) is 5.82 Å². The number of nitrogens with zero attached hydrogens (tertiary/aromatic N) is 1. The smallest absolute Gasteiger partial charge is 0.401 e. The molecule has 230 valence electrons. The van der Waals surface area contributed by atoms with E-state index in [0.717, 1.165) is 25.3 Å². The Bertz CT molecular complexity index is 1510. The van der Waals surface area contributed by atoms with Crippen LogP contribution in [0.5, 0.6) is 11.5 Å². The molecule has 5 rings (SSSR count). The predicted molar refractivity (Wildman–Crippen MR) is 153 cm³/mol. The van der Waals surface area contributed by atoms with Crippen molar-refractivity contribution in [1.29, 1.82) is 0 Å². The number of hydrogen-bond acceptors (Lipinski definition) is 6. The lowest BCUT2D eigenvalue weighted by atomic mass is 9.71. The first kappa shape index (κ1) is 31.0. The Labute approximate surface area is 251 Å². The van der Waals surface area contributed by atoms with Gasteiger partial charge in [0.25, 0.3) is 5.91 Å². The van der Waals surface area contributed by atoms with Crippen LogP contribution in [0.2, 0.25) is 5.02 Å². The van der Waals surface area contributed by atoms with Crippen molar-refractivity contribution in [1.82, 2.24) is 10.3 Å². The molecule has 43 heavy (non-hydrogen) atoms. The average Bonchev–Trinajstić information content (AvgIpc) is 3.78. The molecule has 2 aliphatic rings. The fourth-order valence-electron chi connectivity index (χ4n) is 5.20. The second-order valence-corrected chi connectivity index (χ2v) is 11.6. The summed E-state index contributed by atoms with van der Waals surface area (Å²) in [5.41, 5.74) is 3.36. The minimum Gasteiger partial charge on any atom is -0.493 e. The highest BCUT2D eigenvalue weighted by molar-refractivity contribution is 6.31. The molecule has 1 heterocycles. The topological polar surface area (TPSA) is 107 Å². The maximum Gasteiger partial charge on any atom is 0.401 e. The molecule has 12 heteroatoms. The Morgan fingerprint density at radius 1 is 1.14 bits per heavy atom. The maximum atomic E-state index is 15.1. The molecule has 4 N–H and O–H groups in total. The van der Waals surface area contributed by atoms with E-state index >= 15 is 13.2 Å². The van der Waals surface area contributed by atoms with Gasteiger partial charge in [0, 0.05) is 29.8 Å². The summed E-state index contributed by atoms with van der Waals surface area (Å²) < 4.78 is 70.4. The van der Waals surface area contributed by atoms with Gasteiger partial charge in [-0.3, -0.25) is 9.78 Å². The van der Waals surface area contributed by atoms with Gasteiger partial charge in [-0.25, -0.2) is 4.39 Å². The van der Waals surface area contributed by atoms with Crippen LogP contribution >= 0.6 is 11.6 Å². The van der Waals surface area contributed by atoms with Crippen LogP contribution in [0.3, 0.4) is 0 Å². The summed E-state index contributed by atoms with van der Waals surface area (Å²) in [6, 6.07) is 11.0. The number of pyridine rings is 1. The minimum atomic E-state index is -4.95. The molecule has 2 aliphatic carbocycles. The van der Waals surface area contributed by atoms with E-state index in [1.165, 1.54) is 37.4 Å². The highest BCUT2D eigenvalue weighted by Gasteiger charge is 2.57. The van der Waals surface area contributed by atoms with E-state index < -0.39 is 54.1 Å². The van der Waals surface area contributed by atoms with Crippen LogP contribution in [0.4, 0.5) is 17.6 Å². The number of amides is 1. The number of rotatable bonds is 11. The lowest BCUT2D eigenvalue weighted by Gasteiger charge is -2.41. The molecule has 1 amide bonds. The number of carbonyl (C=O) groups excluding carboxylic acids is 1. The molecule has 1 aromatic heterocycles. The molecule has 0 spiro atoms. The van der Waals surface area contributed by atoms with Crippen LogP contribution < -0.4 is 20.5 Å². The average molecular weight is 622 g/mol. The van der Waals surface area contributed by atoms with E-state index in [2.05, 4.69) is 10.3 Å². The van der Waals surface area contributed by atoms with Crippen LogP contribution in [-0.4, -0.2) is 48.5 Å². The fourth-order valence-corrected chi connectivity index (χ4v) is 5.38. The zero-order valence-corrected chi connectivity index (χ0v) is 24.2. The number of alkyl halides is 3. The van der Waals surface area contributed by atoms with E-state index in [9.17, 15) is 14.3 Å². The van der Waals surface area contributed by atoms with E-state index in [1.54, 1.807) is 12.1 Å². The molecular formula is C31H32ClF4N3O4. The second kappa shape index (κ2) is 11.9. The summed E-state index contributed by atoms with van der Waals surface area (Å²) >= 11 is 5.98. The van der Waals surface area contributed by atoms with Crippen LogP contribution in [0.15, 0.2) is 48.5 Å². The number of hydrogen-bond donors (Lipinski definition) is 3. The molecule has 0 bridgehead atoms. The van der Waals surface area contributed by atoms with Gasteiger partial charge in [0.2, 0.25) is 0 Å². The first-order valence-electron chi connectivity index (χ1n) is 14.0. The number of halogens is 5. The highest BCUT2D eigenvalue weighted by atomic mass is 35.5. The summed E-state index contributed by atoms with van der Waals surface area (Å²) in [6.07, 6.45) is -1.93. The fraction of sp³-hybridized carbons (Fsp3) is 0.419. The quantitative estimate of drug-likeness (QED) is 0.225. The third kappa shape index (κ3) is 6.30. The predicted octanol–water partition coefficient (Wildman–Crippen LogP) is 6.04. The largest absolute Gasteiger partial charge is 0.493 e. The molecule has 2 aromatic carbocycles. The Morgan fingerprint density at radius 2 is 1.88 bits per heavy atom. The third-order valence-electron chi connectivity index (χ3n) is 8.23. The molecule has 0 radical (unpaired) electrons. The van der Waals surface area contributed by atoms with Crippen molar-refractivity contribution in [2.45, 2.75) is 61.8 Å². The molecule has 2 fully saturated rings. The Balaban J connectivity index is 1.54.